The summed E-state index contributed by atoms with van der Waals surface area (Å²) in [6, 6.07) is 10.7. The molecule has 0 heterocycles. The Labute approximate surface area is 86.5 Å². The molecule has 0 aromatic heterocycles. The summed E-state index contributed by atoms with van der Waals surface area (Å²) in [7, 11) is 0. The van der Waals surface area contributed by atoms with Gasteiger partial charge in [0.2, 0.25) is 6.43 Å². The highest BCUT2D eigenvalue weighted by Gasteiger charge is 2.07. The van der Waals surface area contributed by atoms with Gasteiger partial charge in [-0.05, 0) is 28.5 Å². The van der Waals surface area contributed by atoms with Crippen molar-refractivity contribution in [2.75, 3.05) is 5.73 Å². The van der Waals surface area contributed by atoms with Gasteiger partial charge in [0.25, 0.3) is 0 Å². The highest BCUT2D eigenvalue weighted by atomic mass is 19.3. The van der Waals surface area contributed by atoms with E-state index in [1.165, 1.54) is 0 Å². The quantitative estimate of drug-likeness (QED) is 0.752. The largest absolute Gasteiger partial charge is 0.399 e. The second kappa shape index (κ2) is 3.85. The fourth-order valence-corrected chi connectivity index (χ4v) is 1.71. The second-order valence-corrected chi connectivity index (χ2v) is 3.49. The summed E-state index contributed by atoms with van der Waals surface area (Å²) >= 11 is 0. The maximum Gasteiger partial charge on any atom is 0.242 e. The van der Waals surface area contributed by atoms with Crippen LogP contribution >= 0.6 is 0 Å². The minimum Gasteiger partial charge on any atom is -0.399 e. The molecule has 0 saturated carbocycles. The highest BCUT2D eigenvalue weighted by Crippen LogP contribution is 2.23. The summed E-state index contributed by atoms with van der Waals surface area (Å²) in [4.78, 5) is 0. The smallest absolute Gasteiger partial charge is 0.242 e. The zero-order chi connectivity index (χ0) is 10.8. The molecule has 0 saturated heterocycles. The van der Waals surface area contributed by atoms with E-state index in [4.69, 9.17) is 5.73 Å². The number of rotatable bonds is 2. The summed E-state index contributed by atoms with van der Waals surface area (Å²) in [5.74, 6) is 0. The average molecular weight is 207 g/mol. The lowest BCUT2D eigenvalue weighted by atomic mass is 10.0. The Morgan fingerprint density at radius 2 is 1.93 bits per heavy atom. The fourth-order valence-electron chi connectivity index (χ4n) is 1.71. The molecule has 0 spiro atoms. The third-order valence-electron chi connectivity index (χ3n) is 2.37. The monoisotopic (exact) mass is 207 g/mol. The Balaban J connectivity index is 2.56. The molecule has 15 heavy (non-hydrogen) atoms. The highest BCUT2D eigenvalue weighted by molar-refractivity contribution is 5.88. The van der Waals surface area contributed by atoms with E-state index in [-0.39, 0.29) is 6.42 Å². The van der Waals surface area contributed by atoms with Crippen molar-refractivity contribution in [1.29, 1.82) is 0 Å². The van der Waals surface area contributed by atoms with Gasteiger partial charge in [-0.15, -0.1) is 0 Å². The summed E-state index contributed by atoms with van der Waals surface area (Å²) in [6.45, 7) is 0. The van der Waals surface area contributed by atoms with E-state index in [9.17, 15) is 8.78 Å². The fraction of sp³-hybridized carbons (Fsp3) is 0.167. The van der Waals surface area contributed by atoms with Crippen molar-refractivity contribution in [3.8, 4) is 0 Å². The Bertz CT molecular complexity index is 480. The van der Waals surface area contributed by atoms with Crippen LogP contribution in [-0.4, -0.2) is 6.43 Å². The minimum atomic E-state index is -2.31. The number of fused-ring (bicyclic) bond motifs is 1. The van der Waals surface area contributed by atoms with Gasteiger partial charge in [0, 0.05) is 12.1 Å². The number of halogens is 2. The summed E-state index contributed by atoms with van der Waals surface area (Å²) < 4.78 is 24.6. The molecular weight excluding hydrogens is 196 g/mol. The van der Waals surface area contributed by atoms with E-state index in [2.05, 4.69) is 0 Å². The van der Waals surface area contributed by atoms with Crippen LogP contribution < -0.4 is 5.73 Å². The van der Waals surface area contributed by atoms with Crippen molar-refractivity contribution in [2.24, 2.45) is 0 Å². The van der Waals surface area contributed by atoms with E-state index in [0.29, 0.717) is 11.3 Å². The average Bonchev–Trinajstić information content (AvgIpc) is 2.16. The maximum atomic E-state index is 12.3. The number of anilines is 1. The zero-order valence-electron chi connectivity index (χ0n) is 8.08. The van der Waals surface area contributed by atoms with E-state index >= 15 is 0 Å². The summed E-state index contributed by atoms with van der Waals surface area (Å²) in [5, 5.41) is 1.76. The summed E-state index contributed by atoms with van der Waals surface area (Å²) in [6.07, 6.45) is -2.52. The second-order valence-electron chi connectivity index (χ2n) is 3.49. The van der Waals surface area contributed by atoms with Crippen LogP contribution in [0, 0.1) is 0 Å². The number of hydrogen-bond acceptors (Lipinski definition) is 1. The molecule has 1 nitrogen and oxygen atoms in total. The Kier molecular flexibility index (Phi) is 2.54. The summed E-state index contributed by atoms with van der Waals surface area (Å²) in [5.41, 5.74) is 6.95. The number of nitrogens with two attached hydrogens (primary N) is 1. The molecule has 2 N–H and O–H groups in total. The van der Waals surface area contributed by atoms with Crippen LogP contribution in [0.5, 0.6) is 0 Å². The molecule has 2 aromatic rings. The van der Waals surface area contributed by atoms with Crippen LogP contribution in [0.3, 0.4) is 0 Å². The molecular formula is C12H11F2N. The van der Waals surface area contributed by atoms with Crippen LogP contribution in [-0.2, 0) is 6.42 Å². The van der Waals surface area contributed by atoms with Gasteiger partial charge in [-0.3, -0.25) is 0 Å². The topological polar surface area (TPSA) is 26.0 Å². The zero-order valence-corrected chi connectivity index (χ0v) is 8.08. The molecule has 0 amide bonds. The third-order valence-corrected chi connectivity index (χ3v) is 2.37. The number of benzene rings is 2. The number of nitrogen functional groups attached to an aromatic ring is 1. The molecule has 3 heteroatoms. The molecule has 0 atom stereocenters. The maximum absolute atomic E-state index is 12.3. The van der Waals surface area contributed by atoms with Crippen LogP contribution in [0.1, 0.15) is 5.56 Å². The van der Waals surface area contributed by atoms with Crippen LogP contribution in [0.25, 0.3) is 10.8 Å². The Hall–Kier alpha value is -1.64. The van der Waals surface area contributed by atoms with Gasteiger partial charge in [-0.2, -0.15) is 0 Å². The first-order valence-electron chi connectivity index (χ1n) is 4.72. The van der Waals surface area contributed by atoms with Crippen molar-refractivity contribution < 1.29 is 8.78 Å². The first-order valence-corrected chi connectivity index (χ1v) is 4.72. The van der Waals surface area contributed by atoms with Crippen LogP contribution in [0.4, 0.5) is 14.5 Å². The molecule has 78 valence electrons. The molecule has 0 fully saturated rings. The van der Waals surface area contributed by atoms with E-state index < -0.39 is 6.43 Å². The van der Waals surface area contributed by atoms with Gasteiger partial charge < -0.3 is 5.73 Å². The predicted octanol–water partition coefficient (Wildman–Crippen LogP) is 3.23. The van der Waals surface area contributed by atoms with Gasteiger partial charge in [-0.1, -0.05) is 24.3 Å². The molecule has 0 unspecified atom stereocenters. The number of alkyl halides is 2. The lowest BCUT2D eigenvalue weighted by Crippen LogP contribution is -1.97. The van der Waals surface area contributed by atoms with Gasteiger partial charge >= 0.3 is 0 Å². The molecule has 0 radical (unpaired) electrons. The van der Waals surface area contributed by atoms with E-state index in [0.717, 1.165) is 10.8 Å². The van der Waals surface area contributed by atoms with Gasteiger partial charge in [0.05, 0.1) is 0 Å². The lowest BCUT2D eigenvalue weighted by molar-refractivity contribution is 0.149. The molecule has 2 rings (SSSR count). The van der Waals surface area contributed by atoms with Crippen LogP contribution in [0.15, 0.2) is 36.4 Å². The van der Waals surface area contributed by atoms with E-state index in [1.807, 2.05) is 6.07 Å². The third kappa shape index (κ3) is 2.06. The van der Waals surface area contributed by atoms with Crippen molar-refractivity contribution in [1.82, 2.24) is 0 Å². The predicted molar refractivity (Wildman–Crippen MR) is 58.1 cm³/mol. The van der Waals surface area contributed by atoms with Gasteiger partial charge in [0.15, 0.2) is 0 Å². The minimum absolute atomic E-state index is 0.207. The Morgan fingerprint density at radius 3 is 2.67 bits per heavy atom. The molecule has 2 aromatic carbocycles. The molecule has 0 aliphatic rings. The van der Waals surface area contributed by atoms with Gasteiger partial charge in [-0.25, -0.2) is 8.78 Å². The SMILES string of the molecule is Nc1ccc2c(CC(F)F)cccc2c1. The molecule has 0 aliphatic carbocycles. The first-order chi connectivity index (χ1) is 7.16. The first kappa shape index (κ1) is 9.90. The van der Waals surface area contributed by atoms with Gasteiger partial charge in [0.1, 0.15) is 0 Å². The normalized spacial score (nSPS) is 11.1. The standard InChI is InChI=1S/C12H11F2N/c13-12(14)7-9-3-1-2-8-6-10(15)4-5-11(8)9/h1-6,12H,7,15H2. The van der Waals surface area contributed by atoms with E-state index in [1.54, 1.807) is 30.3 Å². The van der Waals surface area contributed by atoms with Crippen LogP contribution in [0.2, 0.25) is 0 Å². The van der Waals surface area contributed by atoms with Crippen molar-refractivity contribution in [3.63, 3.8) is 0 Å². The number of hydrogen-bond donors (Lipinski definition) is 1. The van der Waals surface area contributed by atoms with Crippen molar-refractivity contribution in [2.45, 2.75) is 12.8 Å². The molecule has 0 aliphatic heterocycles. The van der Waals surface area contributed by atoms with Crippen molar-refractivity contribution >= 4 is 16.5 Å². The Morgan fingerprint density at radius 1 is 1.13 bits per heavy atom. The van der Waals surface area contributed by atoms with Crippen molar-refractivity contribution in [3.05, 3.63) is 42.0 Å². The molecule has 0 bridgehead atoms. The lowest BCUT2D eigenvalue weighted by Gasteiger charge is -2.06.